The Hall–Kier alpha value is -1.02. The summed E-state index contributed by atoms with van der Waals surface area (Å²) in [5.74, 6) is 0. The van der Waals surface area contributed by atoms with Crippen molar-refractivity contribution in [2.45, 2.75) is 25.8 Å². The van der Waals surface area contributed by atoms with Gasteiger partial charge in [-0.1, -0.05) is 12.1 Å². The van der Waals surface area contributed by atoms with Crippen LogP contribution in [0, 0.1) is 6.92 Å². The van der Waals surface area contributed by atoms with E-state index < -0.39 is 0 Å². The second-order valence-corrected chi connectivity index (χ2v) is 4.14. The number of aryl methyl sites for hydroxylation is 1. The number of hydrogen-bond acceptors (Lipinski definition) is 2. The minimum atomic E-state index is -0.158. The maximum atomic E-state index is 6.20. The quantitative estimate of drug-likeness (QED) is 0.634. The van der Waals surface area contributed by atoms with Gasteiger partial charge in [-0.05, 0) is 37.5 Å². The highest BCUT2D eigenvalue weighted by Crippen LogP contribution is 2.33. The summed E-state index contributed by atoms with van der Waals surface area (Å²) in [5, 5.41) is 3.38. The lowest BCUT2D eigenvalue weighted by Crippen LogP contribution is -2.39. The van der Waals surface area contributed by atoms with E-state index in [4.69, 9.17) is 5.73 Å². The van der Waals surface area contributed by atoms with Crippen LogP contribution < -0.4 is 11.1 Å². The molecule has 0 saturated carbocycles. The van der Waals surface area contributed by atoms with Gasteiger partial charge in [-0.3, -0.25) is 0 Å². The molecule has 0 saturated heterocycles. The van der Waals surface area contributed by atoms with E-state index in [1.54, 1.807) is 0 Å². The van der Waals surface area contributed by atoms with Gasteiger partial charge in [0.15, 0.2) is 0 Å². The van der Waals surface area contributed by atoms with Gasteiger partial charge >= 0.3 is 0 Å². The van der Waals surface area contributed by atoms with Crippen LogP contribution in [0.15, 0.2) is 18.2 Å². The summed E-state index contributed by atoms with van der Waals surface area (Å²) >= 11 is 0. The molecule has 0 aromatic heterocycles. The molecule has 70 valence electrons. The van der Waals surface area contributed by atoms with Crippen molar-refractivity contribution in [3.63, 3.8) is 0 Å². The molecule has 0 bridgehead atoms. The Morgan fingerprint density at radius 2 is 2.23 bits per heavy atom. The first-order chi connectivity index (χ1) is 6.09. The van der Waals surface area contributed by atoms with E-state index in [0.717, 1.165) is 13.0 Å². The molecule has 0 amide bonds. The van der Waals surface area contributed by atoms with Crippen LogP contribution in [0.1, 0.15) is 24.5 Å². The lowest BCUT2D eigenvalue weighted by Gasteiger charge is -2.33. The average Bonchev–Trinajstić information content (AvgIpc) is 2.02. The fourth-order valence-electron chi connectivity index (χ4n) is 1.89. The van der Waals surface area contributed by atoms with Crippen LogP contribution in [-0.4, -0.2) is 6.54 Å². The number of benzene rings is 1. The molecule has 3 N–H and O–H groups in total. The number of nitrogens with one attached hydrogen (secondary N) is 1. The van der Waals surface area contributed by atoms with Gasteiger partial charge in [0.1, 0.15) is 0 Å². The molecule has 2 nitrogen and oxygen atoms in total. The molecule has 0 aliphatic carbocycles. The van der Waals surface area contributed by atoms with Crippen molar-refractivity contribution < 1.29 is 0 Å². The third kappa shape index (κ3) is 1.42. The number of rotatable bonds is 0. The summed E-state index contributed by atoms with van der Waals surface area (Å²) in [6.07, 6.45) is 1.00. The Morgan fingerprint density at radius 1 is 1.46 bits per heavy atom. The summed E-state index contributed by atoms with van der Waals surface area (Å²) in [7, 11) is 0. The van der Waals surface area contributed by atoms with Gasteiger partial charge in [-0.25, -0.2) is 0 Å². The number of nitrogens with two attached hydrogens (primary N) is 1. The molecular formula is C11H16N2. The minimum absolute atomic E-state index is 0.158. The lowest BCUT2D eigenvalue weighted by atomic mass is 9.85. The van der Waals surface area contributed by atoms with Crippen molar-refractivity contribution in [3.8, 4) is 0 Å². The smallest absolute Gasteiger partial charge is 0.0418 e. The molecule has 1 atom stereocenters. The Balaban J connectivity index is 2.53. The molecule has 2 heteroatoms. The summed E-state index contributed by atoms with van der Waals surface area (Å²) in [6.45, 7) is 5.18. The second-order valence-electron chi connectivity index (χ2n) is 4.14. The van der Waals surface area contributed by atoms with Crippen LogP contribution in [0.25, 0.3) is 0 Å². The molecule has 0 fully saturated rings. The standard InChI is InChI=1S/C11H16N2/c1-8-3-4-9-10(7-8)13-6-5-11(9,2)12/h3-4,7,13H,5-6,12H2,1-2H3. The third-order valence-electron chi connectivity index (χ3n) is 2.75. The topological polar surface area (TPSA) is 38.0 Å². The zero-order valence-electron chi connectivity index (χ0n) is 8.22. The normalized spacial score (nSPS) is 26.4. The van der Waals surface area contributed by atoms with Gasteiger partial charge in [-0.2, -0.15) is 0 Å². The Bertz CT molecular complexity index is 329. The Kier molecular flexibility index (Phi) is 1.81. The molecule has 0 radical (unpaired) electrons. The third-order valence-corrected chi connectivity index (χ3v) is 2.75. The highest BCUT2D eigenvalue weighted by Gasteiger charge is 2.27. The monoisotopic (exact) mass is 176 g/mol. The molecule has 1 aromatic carbocycles. The van der Waals surface area contributed by atoms with Crippen LogP contribution in [-0.2, 0) is 5.54 Å². The van der Waals surface area contributed by atoms with E-state index in [1.165, 1.54) is 16.8 Å². The van der Waals surface area contributed by atoms with Crippen molar-refractivity contribution in [2.24, 2.45) is 5.73 Å². The van der Waals surface area contributed by atoms with E-state index in [9.17, 15) is 0 Å². The molecule has 1 aromatic rings. The largest absolute Gasteiger partial charge is 0.385 e. The fourth-order valence-corrected chi connectivity index (χ4v) is 1.89. The van der Waals surface area contributed by atoms with Gasteiger partial charge in [0.2, 0.25) is 0 Å². The van der Waals surface area contributed by atoms with E-state index >= 15 is 0 Å². The SMILES string of the molecule is Cc1ccc2c(c1)NCCC2(C)N. The van der Waals surface area contributed by atoms with E-state index in [-0.39, 0.29) is 5.54 Å². The van der Waals surface area contributed by atoms with Gasteiger partial charge in [0.25, 0.3) is 0 Å². The maximum Gasteiger partial charge on any atom is 0.0418 e. The predicted molar refractivity (Wildman–Crippen MR) is 55.8 cm³/mol. The molecule has 1 aliphatic rings. The van der Waals surface area contributed by atoms with Crippen LogP contribution in [0.5, 0.6) is 0 Å². The first kappa shape index (κ1) is 8.57. The van der Waals surface area contributed by atoms with Crippen molar-refractivity contribution in [1.82, 2.24) is 0 Å². The maximum absolute atomic E-state index is 6.20. The molecule has 1 heterocycles. The highest BCUT2D eigenvalue weighted by molar-refractivity contribution is 5.57. The first-order valence-corrected chi connectivity index (χ1v) is 4.73. The first-order valence-electron chi connectivity index (χ1n) is 4.73. The zero-order chi connectivity index (χ0) is 9.47. The van der Waals surface area contributed by atoms with Crippen molar-refractivity contribution in [2.75, 3.05) is 11.9 Å². The lowest BCUT2D eigenvalue weighted by molar-refractivity contribution is 0.454. The molecule has 0 spiro atoms. The second kappa shape index (κ2) is 2.74. The number of anilines is 1. The summed E-state index contributed by atoms with van der Waals surface area (Å²) in [5.41, 5.74) is 9.77. The van der Waals surface area contributed by atoms with Crippen LogP contribution >= 0.6 is 0 Å². The summed E-state index contributed by atoms with van der Waals surface area (Å²) < 4.78 is 0. The van der Waals surface area contributed by atoms with E-state index in [2.05, 4.69) is 37.4 Å². The van der Waals surface area contributed by atoms with Crippen molar-refractivity contribution in [1.29, 1.82) is 0 Å². The molecule has 13 heavy (non-hydrogen) atoms. The predicted octanol–water partition coefficient (Wildman–Crippen LogP) is 1.98. The zero-order valence-corrected chi connectivity index (χ0v) is 8.22. The van der Waals surface area contributed by atoms with Gasteiger partial charge in [0, 0.05) is 17.8 Å². The number of fused-ring (bicyclic) bond motifs is 1. The van der Waals surface area contributed by atoms with Crippen LogP contribution in [0.3, 0.4) is 0 Å². The van der Waals surface area contributed by atoms with Gasteiger partial charge < -0.3 is 11.1 Å². The summed E-state index contributed by atoms with van der Waals surface area (Å²) in [4.78, 5) is 0. The Morgan fingerprint density at radius 3 is 3.00 bits per heavy atom. The molecule has 1 unspecified atom stereocenters. The van der Waals surface area contributed by atoms with Crippen molar-refractivity contribution >= 4 is 5.69 Å². The Labute approximate surface area is 79.1 Å². The van der Waals surface area contributed by atoms with Crippen LogP contribution in [0.4, 0.5) is 5.69 Å². The van der Waals surface area contributed by atoms with E-state index in [1.807, 2.05) is 0 Å². The van der Waals surface area contributed by atoms with Gasteiger partial charge in [-0.15, -0.1) is 0 Å². The highest BCUT2D eigenvalue weighted by atomic mass is 14.9. The fraction of sp³-hybridized carbons (Fsp3) is 0.455. The van der Waals surface area contributed by atoms with Crippen LogP contribution in [0.2, 0.25) is 0 Å². The van der Waals surface area contributed by atoms with E-state index in [0.29, 0.717) is 0 Å². The average molecular weight is 176 g/mol. The number of hydrogen-bond donors (Lipinski definition) is 2. The summed E-state index contributed by atoms with van der Waals surface area (Å²) in [6, 6.07) is 6.42. The molecular weight excluding hydrogens is 160 g/mol. The van der Waals surface area contributed by atoms with Gasteiger partial charge in [0.05, 0.1) is 0 Å². The minimum Gasteiger partial charge on any atom is -0.385 e. The molecule has 2 rings (SSSR count). The molecule has 1 aliphatic heterocycles. The van der Waals surface area contributed by atoms with Crippen molar-refractivity contribution in [3.05, 3.63) is 29.3 Å².